The van der Waals surface area contributed by atoms with Gasteiger partial charge in [0.1, 0.15) is 5.82 Å². The average Bonchev–Trinajstić information content (AvgIpc) is 2.72. The highest BCUT2D eigenvalue weighted by molar-refractivity contribution is 6.01. The molecule has 1 heterocycles. The number of anilines is 1. The van der Waals surface area contributed by atoms with Crippen LogP contribution in [0.25, 0.3) is 0 Å². The second-order valence-electron chi connectivity index (χ2n) is 9.89. The molecule has 7 heteroatoms. The molecule has 1 aliphatic carbocycles. The molecule has 0 saturated carbocycles. The zero-order chi connectivity index (χ0) is 25.0. The summed E-state index contributed by atoms with van der Waals surface area (Å²) < 4.78 is 39.4. The number of Topliss-reactive ketones (excluding diaryl/α,β-unsaturated/α-hetero) is 1. The van der Waals surface area contributed by atoms with Crippen molar-refractivity contribution in [3.8, 4) is 6.07 Å². The summed E-state index contributed by atoms with van der Waals surface area (Å²) in [5, 5.41) is 10.1. The molecule has 0 spiro atoms. The Morgan fingerprint density at radius 1 is 1.09 bits per heavy atom. The Hall–Kier alpha value is -3.53. The van der Waals surface area contributed by atoms with Crippen molar-refractivity contribution in [1.82, 2.24) is 0 Å². The number of hydrogen-bond acceptors (Lipinski definition) is 4. The molecular formula is C27H26F3N3O. The maximum absolute atomic E-state index is 13.5. The Bertz CT molecular complexity index is 1280. The van der Waals surface area contributed by atoms with Gasteiger partial charge in [0.05, 0.1) is 23.1 Å². The predicted molar refractivity (Wildman–Crippen MR) is 124 cm³/mol. The smallest absolute Gasteiger partial charge is 0.384 e. The van der Waals surface area contributed by atoms with Crippen LogP contribution in [0.15, 0.2) is 65.1 Å². The van der Waals surface area contributed by atoms with Gasteiger partial charge >= 0.3 is 6.18 Å². The van der Waals surface area contributed by atoms with Crippen molar-refractivity contribution in [1.29, 1.82) is 5.26 Å². The molecule has 2 N–H and O–H groups in total. The number of alkyl halides is 3. The van der Waals surface area contributed by atoms with Crippen LogP contribution in [-0.4, -0.2) is 5.78 Å². The Morgan fingerprint density at radius 2 is 1.74 bits per heavy atom. The van der Waals surface area contributed by atoms with E-state index in [4.69, 9.17) is 5.73 Å². The molecule has 1 atom stereocenters. The first-order valence-corrected chi connectivity index (χ1v) is 11.0. The van der Waals surface area contributed by atoms with E-state index in [9.17, 15) is 23.2 Å². The summed E-state index contributed by atoms with van der Waals surface area (Å²) >= 11 is 0. The van der Waals surface area contributed by atoms with E-state index in [1.807, 2.05) is 45.9 Å². The molecular weight excluding hydrogens is 439 g/mol. The predicted octanol–water partition coefficient (Wildman–Crippen LogP) is 6.26. The highest BCUT2D eigenvalue weighted by Crippen LogP contribution is 2.50. The zero-order valence-electron chi connectivity index (χ0n) is 19.5. The van der Waals surface area contributed by atoms with E-state index >= 15 is 0 Å². The first kappa shape index (κ1) is 23.6. The lowest BCUT2D eigenvalue weighted by molar-refractivity contribution is -0.137. The number of allylic oxidation sites excluding steroid dienone is 3. The number of nitrogens with two attached hydrogens (primary N) is 1. The number of benzene rings is 2. The molecule has 4 nitrogen and oxygen atoms in total. The first-order valence-electron chi connectivity index (χ1n) is 11.0. The third-order valence-electron chi connectivity index (χ3n) is 6.57. The summed E-state index contributed by atoms with van der Waals surface area (Å²) in [7, 11) is 0. The summed E-state index contributed by atoms with van der Waals surface area (Å²) in [6.07, 6.45) is -3.66. The van der Waals surface area contributed by atoms with Gasteiger partial charge < -0.3 is 5.73 Å². The lowest BCUT2D eigenvalue weighted by Crippen LogP contribution is -2.42. The minimum atomic E-state index is -4.47. The van der Waals surface area contributed by atoms with Gasteiger partial charge in [0, 0.05) is 23.4 Å². The van der Waals surface area contributed by atoms with E-state index in [1.165, 1.54) is 12.1 Å². The Labute approximate surface area is 197 Å². The SMILES string of the molecule is Cc1ccc(C2C(C#N)=C(N)N(c3ccc(C(F)(F)F)cc3)C3=C2C(=O)CC(C)(C)C3)c(C)c1. The minimum absolute atomic E-state index is 0.0756. The van der Waals surface area contributed by atoms with Gasteiger partial charge in [-0.1, -0.05) is 37.6 Å². The van der Waals surface area contributed by atoms with Crippen LogP contribution in [0, 0.1) is 30.6 Å². The van der Waals surface area contributed by atoms with Gasteiger partial charge in [0.25, 0.3) is 0 Å². The molecule has 2 aliphatic rings. The van der Waals surface area contributed by atoms with Crippen molar-refractivity contribution in [3.63, 3.8) is 0 Å². The number of nitrogens with zero attached hydrogens (tertiary/aromatic N) is 2. The highest BCUT2D eigenvalue weighted by atomic mass is 19.4. The number of nitriles is 1. The maximum atomic E-state index is 13.5. The van der Waals surface area contributed by atoms with Gasteiger partial charge in [-0.3, -0.25) is 9.69 Å². The lowest BCUT2D eigenvalue weighted by atomic mass is 9.68. The molecule has 0 amide bonds. The largest absolute Gasteiger partial charge is 0.416 e. The fourth-order valence-electron chi connectivity index (χ4n) is 5.06. The van der Waals surface area contributed by atoms with Crippen molar-refractivity contribution in [3.05, 3.63) is 87.4 Å². The zero-order valence-corrected chi connectivity index (χ0v) is 19.5. The Morgan fingerprint density at radius 3 is 2.29 bits per heavy atom. The van der Waals surface area contributed by atoms with E-state index in [0.717, 1.165) is 28.8 Å². The number of rotatable bonds is 2. The van der Waals surface area contributed by atoms with E-state index in [-0.39, 0.29) is 22.6 Å². The van der Waals surface area contributed by atoms with E-state index in [2.05, 4.69) is 6.07 Å². The molecule has 0 fully saturated rings. The van der Waals surface area contributed by atoms with Gasteiger partial charge in [0.15, 0.2) is 5.78 Å². The number of carbonyl (C=O) groups excluding carboxylic acids is 1. The lowest BCUT2D eigenvalue weighted by Gasteiger charge is -2.44. The van der Waals surface area contributed by atoms with Crippen LogP contribution in [-0.2, 0) is 11.0 Å². The number of hydrogen-bond donors (Lipinski definition) is 1. The van der Waals surface area contributed by atoms with Crippen molar-refractivity contribution < 1.29 is 18.0 Å². The van der Waals surface area contributed by atoms with Gasteiger partial charge in [-0.05, 0) is 61.1 Å². The van der Waals surface area contributed by atoms with Crippen molar-refractivity contribution in [2.45, 2.75) is 52.6 Å². The van der Waals surface area contributed by atoms with Crippen molar-refractivity contribution in [2.24, 2.45) is 11.1 Å². The molecule has 0 bridgehead atoms. The molecule has 2 aromatic carbocycles. The quantitative estimate of drug-likeness (QED) is 0.568. The van der Waals surface area contributed by atoms with Gasteiger partial charge in [-0.15, -0.1) is 0 Å². The molecule has 4 rings (SSSR count). The molecule has 176 valence electrons. The highest BCUT2D eigenvalue weighted by Gasteiger charge is 2.45. The second kappa shape index (κ2) is 8.05. The van der Waals surface area contributed by atoms with E-state index < -0.39 is 17.7 Å². The number of ketones is 1. The Balaban J connectivity index is 1.97. The molecule has 0 radical (unpaired) electrons. The molecule has 0 saturated heterocycles. The number of halogens is 3. The van der Waals surface area contributed by atoms with Gasteiger partial charge in [0.2, 0.25) is 0 Å². The van der Waals surface area contributed by atoms with Crippen molar-refractivity contribution >= 4 is 11.5 Å². The number of carbonyl (C=O) groups is 1. The van der Waals surface area contributed by atoms with Crippen LogP contribution in [0.4, 0.5) is 18.9 Å². The fourth-order valence-corrected chi connectivity index (χ4v) is 5.06. The molecule has 34 heavy (non-hydrogen) atoms. The second-order valence-corrected chi connectivity index (χ2v) is 9.89. The van der Waals surface area contributed by atoms with Gasteiger partial charge in [-0.2, -0.15) is 18.4 Å². The average molecular weight is 466 g/mol. The summed E-state index contributed by atoms with van der Waals surface area (Å²) in [6, 6.07) is 12.7. The fraction of sp³-hybridized carbons (Fsp3) is 0.333. The molecule has 2 aromatic rings. The summed E-state index contributed by atoms with van der Waals surface area (Å²) in [5.41, 5.74) is 9.99. The van der Waals surface area contributed by atoms with Crippen LogP contribution < -0.4 is 10.6 Å². The normalized spacial score (nSPS) is 20.4. The van der Waals surface area contributed by atoms with Crippen molar-refractivity contribution in [2.75, 3.05) is 4.90 Å². The summed E-state index contributed by atoms with van der Waals surface area (Å²) in [6.45, 7) is 7.86. The molecule has 0 aromatic heterocycles. The summed E-state index contributed by atoms with van der Waals surface area (Å²) in [5.74, 6) is -0.556. The molecule has 1 aliphatic heterocycles. The van der Waals surface area contributed by atoms with Gasteiger partial charge in [-0.25, -0.2) is 0 Å². The van der Waals surface area contributed by atoms with E-state index in [1.54, 1.807) is 4.90 Å². The topological polar surface area (TPSA) is 70.1 Å². The minimum Gasteiger partial charge on any atom is -0.384 e. The number of aryl methyl sites for hydroxylation is 2. The standard InChI is InChI=1S/C27H26F3N3O/c1-15-5-10-19(16(2)11-15)23-20(14-31)25(32)33(18-8-6-17(7-9-18)27(28,29)30)21-12-26(3,4)13-22(34)24(21)23/h5-11,23H,12-13,32H2,1-4H3. The Kier molecular flexibility index (Phi) is 5.59. The van der Waals surface area contributed by atoms with Crippen LogP contribution >= 0.6 is 0 Å². The maximum Gasteiger partial charge on any atom is 0.416 e. The van der Waals surface area contributed by atoms with Crippen LogP contribution in [0.3, 0.4) is 0 Å². The monoisotopic (exact) mass is 465 g/mol. The summed E-state index contributed by atoms with van der Waals surface area (Å²) in [4.78, 5) is 15.1. The van der Waals surface area contributed by atoms with Crippen LogP contribution in [0.2, 0.25) is 0 Å². The van der Waals surface area contributed by atoms with E-state index in [0.29, 0.717) is 29.8 Å². The first-order chi connectivity index (χ1) is 15.8. The third-order valence-corrected chi connectivity index (χ3v) is 6.57. The third kappa shape index (κ3) is 3.98. The van der Waals surface area contributed by atoms with Crippen LogP contribution in [0.1, 0.15) is 54.9 Å². The molecule has 1 unspecified atom stereocenters. The van der Waals surface area contributed by atoms with Crippen LogP contribution in [0.5, 0.6) is 0 Å².